The van der Waals surface area contributed by atoms with E-state index in [1.165, 1.54) is 17.7 Å². The van der Waals surface area contributed by atoms with Crippen LogP contribution in [0.25, 0.3) is 0 Å². The quantitative estimate of drug-likeness (QED) is 0.734. The molecule has 0 unspecified atom stereocenters. The second-order valence-corrected chi connectivity index (χ2v) is 3.85. The fourth-order valence-electron chi connectivity index (χ4n) is 1.25. The molecule has 0 atom stereocenters. The maximum Gasteiger partial charge on any atom is 0.123 e. The van der Waals surface area contributed by atoms with Crippen LogP contribution in [0.3, 0.4) is 0 Å². The van der Waals surface area contributed by atoms with E-state index < -0.39 is 0 Å². The van der Waals surface area contributed by atoms with Gasteiger partial charge in [-0.3, -0.25) is 0 Å². The van der Waals surface area contributed by atoms with Crippen molar-refractivity contribution >= 4 is 12.6 Å². The van der Waals surface area contributed by atoms with E-state index in [4.69, 9.17) is 0 Å². The zero-order valence-electron chi connectivity index (χ0n) is 8.41. The van der Waals surface area contributed by atoms with Gasteiger partial charge < -0.3 is 4.90 Å². The Bertz CT molecular complexity index is 260. The molecule has 0 heterocycles. The number of hydrogen-bond acceptors (Lipinski definition) is 2. The van der Waals surface area contributed by atoms with Crippen molar-refractivity contribution in [3.05, 3.63) is 35.6 Å². The number of nitrogens with zero attached hydrogens (tertiary/aromatic N) is 1. The Morgan fingerprint density at radius 1 is 1.21 bits per heavy atom. The number of halogens is 1. The standard InChI is InChI=1S/C11H16FNS/c1-13(8-9-14)7-6-10-2-4-11(12)5-3-10/h2-5,14H,6-9H2,1H3. The van der Waals surface area contributed by atoms with Crippen molar-refractivity contribution in [1.29, 1.82) is 0 Å². The maximum absolute atomic E-state index is 12.6. The highest BCUT2D eigenvalue weighted by Gasteiger charge is 1.98. The van der Waals surface area contributed by atoms with E-state index in [0.29, 0.717) is 0 Å². The Labute approximate surface area is 90.3 Å². The van der Waals surface area contributed by atoms with Gasteiger partial charge in [0.2, 0.25) is 0 Å². The third-order valence-corrected chi connectivity index (χ3v) is 2.38. The van der Waals surface area contributed by atoms with E-state index >= 15 is 0 Å². The van der Waals surface area contributed by atoms with Gasteiger partial charge >= 0.3 is 0 Å². The lowest BCUT2D eigenvalue weighted by atomic mass is 10.1. The van der Waals surface area contributed by atoms with Gasteiger partial charge in [-0.15, -0.1) is 0 Å². The fraction of sp³-hybridized carbons (Fsp3) is 0.455. The first-order chi connectivity index (χ1) is 6.72. The Morgan fingerprint density at radius 2 is 1.86 bits per heavy atom. The summed E-state index contributed by atoms with van der Waals surface area (Å²) in [4.78, 5) is 2.22. The Balaban J connectivity index is 2.34. The van der Waals surface area contributed by atoms with Crippen LogP contribution in [0, 0.1) is 5.82 Å². The lowest BCUT2D eigenvalue weighted by molar-refractivity contribution is 0.361. The highest BCUT2D eigenvalue weighted by molar-refractivity contribution is 7.80. The number of thiol groups is 1. The van der Waals surface area contributed by atoms with Crippen LogP contribution >= 0.6 is 12.6 Å². The molecule has 1 rings (SSSR count). The molecule has 0 radical (unpaired) electrons. The number of likely N-dealkylation sites (N-methyl/N-ethyl adjacent to an activating group) is 1. The van der Waals surface area contributed by atoms with Crippen molar-refractivity contribution in [3.63, 3.8) is 0 Å². The Morgan fingerprint density at radius 3 is 2.43 bits per heavy atom. The number of benzene rings is 1. The molecule has 0 saturated heterocycles. The monoisotopic (exact) mass is 213 g/mol. The summed E-state index contributed by atoms with van der Waals surface area (Å²) in [6.07, 6.45) is 0.963. The first-order valence-electron chi connectivity index (χ1n) is 4.76. The summed E-state index contributed by atoms with van der Waals surface area (Å²) in [5, 5.41) is 0. The van der Waals surface area contributed by atoms with Crippen molar-refractivity contribution in [2.45, 2.75) is 6.42 Å². The molecular formula is C11H16FNS. The Kier molecular flexibility index (Phi) is 4.98. The third-order valence-electron chi connectivity index (χ3n) is 2.18. The summed E-state index contributed by atoms with van der Waals surface area (Å²) >= 11 is 4.16. The van der Waals surface area contributed by atoms with Gasteiger partial charge in [-0.2, -0.15) is 12.6 Å². The highest BCUT2D eigenvalue weighted by Crippen LogP contribution is 2.03. The lowest BCUT2D eigenvalue weighted by Gasteiger charge is -2.14. The predicted molar refractivity (Wildman–Crippen MR) is 61.5 cm³/mol. The summed E-state index contributed by atoms with van der Waals surface area (Å²) in [6, 6.07) is 6.69. The molecule has 0 aliphatic carbocycles. The van der Waals surface area contributed by atoms with Crippen molar-refractivity contribution in [1.82, 2.24) is 4.90 Å². The zero-order valence-corrected chi connectivity index (χ0v) is 9.30. The minimum absolute atomic E-state index is 0.169. The van der Waals surface area contributed by atoms with Crippen molar-refractivity contribution in [2.75, 3.05) is 25.9 Å². The van der Waals surface area contributed by atoms with E-state index in [1.54, 1.807) is 0 Å². The van der Waals surface area contributed by atoms with Crippen LogP contribution in [0.2, 0.25) is 0 Å². The van der Waals surface area contributed by atoms with Crippen LogP contribution in [0.5, 0.6) is 0 Å². The summed E-state index contributed by atoms with van der Waals surface area (Å²) in [5.74, 6) is 0.706. The number of rotatable bonds is 5. The number of hydrogen-bond donors (Lipinski definition) is 1. The van der Waals surface area contributed by atoms with Crippen LogP contribution in [0.4, 0.5) is 4.39 Å². The molecular weight excluding hydrogens is 197 g/mol. The fourth-order valence-corrected chi connectivity index (χ4v) is 1.59. The molecule has 0 saturated carbocycles. The SMILES string of the molecule is CN(CCS)CCc1ccc(F)cc1. The second kappa shape index (κ2) is 6.04. The molecule has 0 amide bonds. The lowest BCUT2D eigenvalue weighted by Crippen LogP contribution is -2.23. The zero-order chi connectivity index (χ0) is 10.4. The molecule has 14 heavy (non-hydrogen) atoms. The van der Waals surface area contributed by atoms with Gasteiger partial charge in [0.1, 0.15) is 5.82 Å². The molecule has 0 spiro atoms. The molecule has 0 fully saturated rings. The molecule has 0 aromatic heterocycles. The highest BCUT2D eigenvalue weighted by atomic mass is 32.1. The summed E-state index contributed by atoms with van der Waals surface area (Å²) in [5.41, 5.74) is 1.18. The van der Waals surface area contributed by atoms with E-state index in [2.05, 4.69) is 24.6 Å². The van der Waals surface area contributed by atoms with E-state index in [0.717, 1.165) is 25.3 Å². The van der Waals surface area contributed by atoms with Crippen molar-refractivity contribution in [3.8, 4) is 0 Å². The minimum Gasteiger partial charge on any atom is -0.305 e. The van der Waals surface area contributed by atoms with Gasteiger partial charge in [0.25, 0.3) is 0 Å². The van der Waals surface area contributed by atoms with E-state index in [-0.39, 0.29) is 5.82 Å². The summed E-state index contributed by atoms with van der Waals surface area (Å²) < 4.78 is 12.6. The molecule has 0 aliphatic rings. The van der Waals surface area contributed by atoms with E-state index in [9.17, 15) is 4.39 Å². The first-order valence-corrected chi connectivity index (χ1v) is 5.39. The molecule has 78 valence electrons. The molecule has 0 N–H and O–H groups in total. The molecule has 0 aliphatic heterocycles. The predicted octanol–water partition coefficient (Wildman–Crippen LogP) is 2.23. The van der Waals surface area contributed by atoms with Crippen LogP contribution in [-0.2, 0) is 6.42 Å². The molecule has 1 nitrogen and oxygen atoms in total. The summed E-state index contributed by atoms with van der Waals surface area (Å²) in [7, 11) is 2.07. The van der Waals surface area contributed by atoms with E-state index in [1.807, 2.05) is 12.1 Å². The first kappa shape index (κ1) is 11.5. The van der Waals surface area contributed by atoms with Gasteiger partial charge in [-0.25, -0.2) is 4.39 Å². The van der Waals surface area contributed by atoms with Gasteiger partial charge in [0.05, 0.1) is 0 Å². The van der Waals surface area contributed by atoms with Gasteiger partial charge in [-0.1, -0.05) is 12.1 Å². The minimum atomic E-state index is -0.169. The Hall–Kier alpha value is -0.540. The van der Waals surface area contributed by atoms with Gasteiger partial charge in [-0.05, 0) is 31.2 Å². The molecule has 3 heteroatoms. The van der Waals surface area contributed by atoms with Crippen molar-refractivity contribution < 1.29 is 4.39 Å². The average Bonchev–Trinajstić information content (AvgIpc) is 2.17. The largest absolute Gasteiger partial charge is 0.305 e. The molecule has 1 aromatic rings. The van der Waals surface area contributed by atoms with Crippen LogP contribution in [0.1, 0.15) is 5.56 Å². The third kappa shape index (κ3) is 4.11. The topological polar surface area (TPSA) is 3.24 Å². The molecule has 1 aromatic carbocycles. The van der Waals surface area contributed by atoms with Crippen molar-refractivity contribution in [2.24, 2.45) is 0 Å². The van der Waals surface area contributed by atoms with Gasteiger partial charge in [0.15, 0.2) is 0 Å². The smallest absolute Gasteiger partial charge is 0.123 e. The van der Waals surface area contributed by atoms with Crippen LogP contribution in [0.15, 0.2) is 24.3 Å². The maximum atomic E-state index is 12.6. The average molecular weight is 213 g/mol. The van der Waals surface area contributed by atoms with Crippen LogP contribution < -0.4 is 0 Å². The normalized spacial score (nSPS) is 10.9. The van der Waals surface area contributed by atoms with Gasteiger partial charge in [0, 0.05) is 18.8 Å². The summed E-state index contributed by atoms with van der Waals surface area (Å²) in [6.45, 7) is 1.98. The molecule has 0 bridgehead atoms. The van der Waals surface area contributed by atoms with Crippen LogP contribution in [-0.4, -0.2) is 30.8 Å². The second-order valence-electron chi connectivity index (χ2n) is 3.40.